The first-order chi connectivity index (χ1) is 14.6. The highest BCUT2D eigenvalue weighted by molar-refractivity contribution is 6.07. The zero-order chi connectivity index (χ0) is 20.9. The van der Waals surface area contributed by atoms with Gasteiger partial charge in [-0.2, -0.15) is 5.10 Å². The number of rotatable bonds is 5. The van der Waals surface area contributed by atoms with Crippen LogP contribution in [0.4, 0.5) is 5.69 Å². The number of hydrogen-bond acceptors (Lipinski definition) is 5. The Labute approximate surface area is 171 Å². The van der Waals surface area contributed by atoms with E-state index in [1.165, 1.54) is 12.3 Å². The molecular formula is C23H16N4O3. The van der Waals surface area contributed by atoms with E-state index in [1.807, 2.05) is 54.6 Å². The summed E-state index contributed by atoms with van der Waals surface area (Å²) in [5.41, 5.74) is 5.34. The van der Waals surface area contributed by atoms with Crippen LogP contribution in [0.1, 0.15) is 15.9 Å². The maximum atomic E-state index is 12.9. The summed E-state index contributed by atoms with van der Waals surface area (Å²) in [5, 5.41) is 15.7. The van der Waals surface area contributed by atoms with E-state index in [9.17, 15) is 14.9 Å². The fourth-order valence-electron chi connectivity index (χ4n) is 3.10. The van der Waals surface area contributed by atoms with Crippen molar-refractivity contribution in [2.75, 3.05) is 0 Å². The first kappa shape index (κ1) is 18.9. The number of benzene rings is 3. The number of amides is 1. The summed E-state index contributed by atoms with van der Waals surface area (Å²) < 4.78 is 0. The molecule has 7 nitrogen and oxygen atoms in total. The molecule has 3 aromatic carbocycles. The third kappa shape index (κ3) is 3.90. The molecule has 4 rings (SSSR count). The van der Waals surface area contributed by atoms with E-state index in [0.29, 0.717) is 27.7 Å². The largest absolute Gasteiger partial charge is 0.278 e. The van der Waals surface area contributed by atoms with Gasteiger partial charge in [0.25, 0.3) is 11.6 Å². The van der Waals surface area contributed by atoms with Crippen LogP contribution in [0.15, 0.2) is 90.0 Å². The lowest BCUT2D eigenvalue weighted by atomic mass is 10.0. The number of nitro benzene ring substituents is 1. The minimum Gasteiger partial charge on any atom is -0.267 e. The summed E-state index contributed by atoms with van der Waals surface area (Å²) in [6.07, 6.45) is 1.26. The van der Waals surface area contributed by atoms with E-state index in [0.717, 1.165) is 5.56 Å². The van der Waals surface area contributed by atoms with Crippen molar-refractivity contribution in [3.8, 4) is 11.3 Å². The lowest BCUT2D eigenvalue weighted by Gasteiger charge is -2.09. The maximum absolute atomic E-state index is 12.9. The van der Waals surface area contributed by atoms with Crippen molar-refractivity contribution >= 4 is 28.7 Å². The quantitative estimate of drug-likeness (QED) is 0.303. The molecule has 0 unspecified atom stereocenters. The average Bonchev–Trinajstić information content (AvgIpc) is 2.79. The minimum atomic E-state index is -0.494. The third-order valence-corrected chi connectivity index (χ3v) is 4.53. The van der Waals surface area contributed by atoms with Gasteiger partial charge >= 0.3 is 0 Å². The second-order valence-electron chi connectivity index (χ2n) is 6.45. The monoisotopic (exact) mass is 396 g/mol. The van der Waals surface area contributed by atoms with Gasteiger partial charge in [-0.3, -0.25) is 14.9 Å². The topological polar surface area (TPSA) is 97.5 Å². The Bertz CT molecular complexity index is 1270. The number of para-hydroxylation sites is 2. The lowest BCUT2D eigenvalue weighted by molar-refractivity contribution is -0.385. The van der Waals surface area contributed by atoms with Crippen LogP contribution in [0.3, 0.4) is 0 Å². The van der Waals surface area contributed by atoms with E-state index in [2.05, 4.69) is 15.5 Å². The Morgan fingerprint density at radius 1 is 0.967 bits per heavy atom. The number of nitro groups is 1. The number of carbonyl (C=O) groups excluding carboxylic acids is 1. The zero-order valence-corrected chi connectivity index (χ0v) is 15.7. The molecule has 0 aliphatic heterocycles. The molecule has 146 valence electrons. The van der Waals surface area contributed by atoms with Gasteiger partial charge in [0.2, 0.25) is 0 Å². The normalized spacial score (nSPS) is 10.9. The predicted octanol–water partition coefficient (Wildman–Crippen LogP) is 4.57. The highest BCUT2D eigenvalue weighted by Crippen LogP contribution is 2.24. The van der Waals surface area contributed by atoms with Crippen LogP contribution < -0.4 is 5.43 Å². The summed E-state index contributed by atoms with van der Waals surface area (Å²) in [7, 11) is 0. The van der Waals surface area contributed by atoms with Crippen LogP contribution in [0.25, 0.3) is 22.2 Å². The van der Waals surface area contributed by atoms with Gasteiger partial charge in [-0.15, -0.1) is 0 Å². The summed E-state index contributed by atoms with van der Waals surface area (Å²) in [6, 6.07) is 24.8. The molecule has 0 aliphatic carbocycles. The van der Waals surface area contributed by atoms with E-state index in [1.54, 1.807) is 24.3 Å². The number of nitrogens with zero attached hydrogens (tertiary/aromatic N) is 3. The number of fused-ring (bicyclic) bond motifs is 1. The molecule has 1 aromatic heterocycles. The molecule has 4 aromatic rings. The Morgan fingerprint density at radius 3 is 2.47 bits per heavy atom. The van der Waals surface area contributed by atoms with Crippen molar-refractivity contribution in [1.82, 2.24) is 10.4 Å². The molecule has 0 fully saturated rings. The van der Waals surface area contributed by atoms with Crippen LogP contribution in [-0.4, -0.2) is 22.0 Å². The van der Waals surface area contributed by atoms with Gasteiger partial charge in [0.05, 0.1) is 33.5 Å². The van der Waals surface area contributed by atoms with Crippen LogP contribution in [0.5, 0.6) is 0 Å². The number of carbonyl (C=O) groups is 1. The molecule has 30 heavy (non-hydrogen) atoms. The van der Waals surface area contributed by atoms with Gasteiger partial charge < -0.3 is 0 Å². The molecule has 0 saturated carbocycles. The Morgan fingerprint density at radius 2 is 1.67 bits per heavy atom. The fraction of sp³-hybridized carbons (Fsp3) is 0. The van der Waals surface area contributed by atoms with Crippen molar-refractivity contribution in [3.05, 3.63) is 106 Å². The Hall–Kier alpha value is -4.39. The van der Waals surface area contributed by atoms with Gasteiger partial charge in [-0.05, 0) is 18.2 Å². The van der Waals surface area contributed by atoms with Gasteiger partial charge in [0.1, 0.15) is 0 Å². The summed E-state index contributed by atoms with van der Waals surface area (Å²) in [4.78, 5) is 28.1. The van der Waals surface area contributed by atoms with Crippen LogP contribution in [0, 0.1) is 10.1 Å². The first-order valence-corrected chi connectivity index (χ1v) is 9.15. The standard InChI is InChI=1S/C23H16N4O3/c28-23(26-24-15-17-10-4-7-13-22(17)27(29)30)19-14-21(16-8-2-1-3-9-16)25-20-12-6-5-11-18(19)20/h1-15H,(H,26,28). The number of pyridine rings is 1. The molecule has 0 bridgehead atoms. The van der Waals surface area contributed by atoms with Gasteiger partial charge in [-0.1, -0.05) is 60.7 Å². The molecule has 0 saturated heterocycles. The molecule has 0 aliphatic rings. The van der Waals surface area contributed by atoms with Gasteiger partial charge in [0.15, 0.2) is 0 Å². The van der Waals surface area contributed by atoms with Gasteiger partial charge in [0, 0.05) is 17.0 Å². The fourth-order valence-corrected chi connectivity index (χ4v) is 3.10. The molecule has 0 atom stereocenters. The second-order valence-corrected chi connectivity index (χ2v) is 6.45. The second kappa shape index (κ2) is 8.32. The minimum absolute atomic E-state index is 0.0868. The molecule has 1 heterocycles. The van der Waals surface area contributed by atoms with Crippen molar-refractivity contribution in [2.24, 2.45) is 5.10 Å². The summed E-state index contributed by atoms with van der Waals surface area (Å²) in [6.45, 7) is 0. The van der Waals surface area contributed by atoms with Crippen molar-refractivity contribution < 1.29 is 9.72 Å². The SMILES string of the molecule is O=C(NN=Cc1ccccc1[N+](=O)[O-])c1cc(-c2ccccc2)nc2ccccc12. The van der Waals surface area contributed by atoms with Crippen LogP contribution >= 0.6 is 0 Å². The Balaban J connectivity index is 1.67. The number of aromatic nitrogens is 1. The van der Waals surface area contributed by atoms with Crippen molar-refractivity contribution in [1.29, 1.82) is 0 Å². The molecule has 0 radical (unpaired) electrons. The third-order valence-electron chi connectivity index (χ3n) is 4.53. The number of nitrogens with one attached hydrogen (secondary N) is 1. The average molecular weight is 396 g/mol. The lowest BCUT2D eigenvalue weighted by Crippen LogP contribution is -2.18. The van der Waals surface area contributed by atoms with Gasteiger partial charge in [-0.25, -0.2) is 10.4 Å². The van der Waals surface area contributed by atoms with Crippen molar-refractivity contribution in [2.45, 2.75) is 0 Å². The van der Waals surface area contributed by atoms with Crippen LogP contribution in [0.2, 0.25) is 0 Å². The predicted molar refractivity (Wildman–Crippen MR) is 115 cm³/mol. The van der Waals surface area contributed by atoms with E-state index >= 15 is 0 Å². The number of hydrogen-bond donors (Lipinski definition) is 1. The maximum Gasteiger partial charge on any atom is 0.278 e. The molecule has 0 spiro atoms. The van der Waals surface area contributed by atoms with Crippen LogP contribution in [-0.2, 0) is 0 Å². The molecular weight excluding hydrogens is 380 g/mol. The first-order valence-electron chi connectivity index (χ1n) is 9.15. The summed E-state index contributed by atoms with van der Waals surface area (Å²) >= 11 is 0. The summed E-state index contributed by atoms with van der Waals surface area (Å²) in [5.74, 6) is -0.430. The molecule has 7 heteroatoms. The van der Waals surface area contributed by atoms with E-state index in [4.69, 9.17) is 0 Å². The van der Waals surface area contributed by atoms with Crippen molar-refractivity contribution in [3.63, 3.8) is 0 Å². The van der Waals surface area contributed by atoms with E-state index < -0.39 is 10.8 Å². The highest BCUT2D eigenvalue weighted by Gasteiger charge is 2.14. The number of hydrazone groups is 1. The zero-order valence-electron chi connectivity index (χ0n) is 15.7. The Kier molecular flexibility index (Phi) is 5.25. The molecule has 1 amide bonds. The smallest absolute Gasteiger partial charge is 0.267 e. The highest BCUT2D eigenvalue weighted by atomic mass is 16.6. The van der Waals surface area contributed by atoms with E-state index in [-0.39, 0.29) is 5.69 Å². The molecule has 1 N–H and O–H groups in total.